The highest BCUT2D eigenvalue weighted by molar-refractivity contribution is 6.12. The predicted molar refractivity (Wildman–Crippen MR) is 430 cm³/mol. The highest BCUT2D eigenvalue weighted by atomic mass is 16.5. The smallest absolute Gasteiger partial charge is 0.0713 e. The van der Waals surface area contributed by atoms with Gasteiger partial charge in [0.05, 0.1) is 17.6 Å². The van der Waals surface area contributed by atoms with Gasteiger partial charge in [0.15, 0.2) is 0 Å². The molecule has 0 radical (unpaired) electrons. The Kier molecular flexibility index (Phi) is 16.4. The van der Waals surface area contributed by atoms with Gasteiger partial charge in [-0.25, -0.2) is 0 Å². The molecule has 0 saturated heterocycles. The first-order chi connectivity index (χ1) is 49.9. The molecule has 102 heavy (non-hydrogen) atoms. The number of rotatable bonds is 18. The van der Waals surface area contributed by atoms with Gasteiger partial charge in [-0.05, 0) is 240 Å². The van der Waals surface area contributed by atoms with E-state index in [2.05, 4.69) is 383 Å². The first kappa shape index (κ1) is 63.9. The molecule has 0 saturated carbocycles. The standard InChI is InChI=1S/C98H83N3O/c1-8-67(71-29-27-66(28-30-71)64-102-7)59-65(2)68-31-43-82(44-32-68)101-95-57-41-76(74-37-49-80(50-38-74)99(78-45-33-72(34-46-78)69-19-11-9-12-20-69)83-53-55-87-85-23-15-17-25-91(85)97(3,4)93(87)62-83)60-89(95)90-61-77(42-58-96(90)101)75-39-51-81(52-40-75)100(79-47-35-73(36-48-79)70-21-13-10-14-22-70)84-54-56-88-86-24-16-18-26-92(86)98(5,6)94(88)63-84/h9-58,60-63,65,67H,8,59,64H2,1-7H3. The van der Waals surface area contributed by atoms with Gasteiger partial charge < -0.3 is 19.1 Å². The van der Waals surface area contributed by atoms with Crippen LogP contribution in [0.1, 0.15) is 105 Å². The molecule has 0 amide bonds. The average molecular weight is 1320 g/mol. The van der Waals surface area contributed by atoms with E-state index < -0.39 is 0 Å². The van der Waals surface area contributed by atoms with Crippen LogP contribution in [0, 0.1) is 0 Å². The van der Waals surface area contributed by atoms with Gasteiger partial charge in [-0.3, -0.25) is 0 Å². The molecule has 14 aromatic carbocycles. The summed E-state index contributed by atoms with van der Waals surface area (Å²) in [5, 5.41) is 2.41. The van der Waals surface area contributed by atoms with E-state index in [1.54, 1.807) is 7.11 Å². The molecule has 0 aliphatic heterocycles. The number of fused-ring (bicyclic) bond motifs is 9. The summed E-state index contributed by atoms with van der Waals surface area (Å²) in [5.41, 5.74) is 34.0. The number of ether oxygens (including phenoxy) is 1. The van der Waals surface area contributed by atoms with Crippen LogP contribution in [0.3, 0.4) is 0 Å². The van der Waals surface area contributed by atoms with Crippen molar-refractivity contribution in [2.45, 2.75) is 83.7 Å². The molecule has 2 unspecified atom stereocenters. The van der Waals surface area contributed by atoms with Crippen molar-refractivity contribution in [1.29, 1.82) is 0 Å². The van der Waals surface area contributed by atoms with E-state index in [9.17, 15) is 0 Å². The van der Waals surface area contributed by atoms with Crippen molar-refractivity contribution in [2.24, 2.45) is 0 Å². The maximum atomic E-state index is 5.43. The van der Waals surface area contributed by atoms with Crippen molar-refractivity contribution in [3.8, 4) is 72.4 Å². The molecule has 2 aliphatic rings. The number of benzene rings is 14. The molecule has 2 aliphatic carbocycles. The maximum Gasteiger partial charge on any atom is 0.0713 e. The molecule has 17 rings (SSSR count). The molecule has 0 N–H and O–H groups in total. The molecule has 1 heterocycles. The van der Waals surface area contributed by atoms with Crippen LogP contribution in [0.15, 0.2) is 328 Å². The van der Waals surface area contributed by atoms with E-state index in [0.29, 0.717) is 18.4 Å². The summed E-state index contributed by atoms with van der Waals surface area (Å²) in [7, 11) is 1.76. The van der Waals surface area contributed by atoms with E-state index >= 15 is 0 Å². The largest absolute Gasteiger partial charge is 0.380 e. The summed E-state index contributed by atoms with van der Waals surface area (Å²) in [6.07, 6.45) is 2.16. The van der Waals surface area contributed by atoms with E-state index in [1.165, 1.54) is 105 Å². The van der Waals surface area contributed by atoms with Gasteiger partial charge in [0, 0.05) is 68.5 Å². The number of anilines is 6. The third-order valence-corrected chi connectivity index (χ3v) is 22.4. The molecule has 0 bridgehead atoms. The number of methoxy groups -OCH3 is 1. The Labute approximate surface area is 601 Å². The fourth-order valence-electron chi connectivity index (χ4n) is 16.8. The zero-order valence-electron chi connectivity index (χ0n) is 59.2. The Morgan fingerprint density at radius 2 is 0.686 bits per heavy atom. The lowest BCUT2D eigenvalue weighted by Gasteiger charge is -2.28. The van der Waals surface area contributed by atoms with Crippen LogP contribution in [0.2, 0.25) is 0 Å². The highest BCUT2D eigenvalue weighted by Crippen LogP contribution is 2.53. The third-order valence-electron chi connectivity index (χ3n) is 22.4. The minimum Gasteiger partial charge on any atom is -0.380 e. The highest BCUT2D eigenvalue weighted by Gasteiger charge is 2.37. The Bertz CT molecular complexity index is 5280. The van der Waals surface area contributed by atoms with Crippen LogP contribution in [-0.2, 0) is 22.2 Å². The Morgan fingerprint density at radius 1 is 0.333 bits per heavy atom. The molecular formula is C98H83N3O. The van der Waals surface area contributed by atoms with E-state index in [0.717, 1.165) is 74.9 Å². The second-order valence-electron chi connectivity index (χ2n) is 29.2. The van der Waals surface area contributed by atoms with E-state index in [-0.39, 0.29) is 10.8 Å². The van der Waals surface area contributed by atoms with Crippen LogP contribution in [0.5, 0.6) is 0 Å². The Balaban J connectivity index is 0.746. The Hall–Kier alpha value is -11.6. The van der Waals surface area contributed by atoms with Crippen molar-refractivity contribution in [3.63, 3.8) is 0 Å². The number of nitrogens with zero attached hydrogens (tertiary/aromatic N) is 3. The number of hydrogen-bond acceptors (Lipinski definition) is 3. The fourth-order valence-corrected chi connectivity index (χ4v) is 16.8. The van der Waals surface area contributed by atoms with Crippen LogP contribution in [0.4, 0.5) is 34.1 Å². The van der Waals surface area contributed by atoms with Crippen LogP contribution in [-0.4, -0.2) is 11.7 Å². The molecule has 15 aromatic rings. The van der Waals surface area contributed by atoms with Gasteiger partial charge >= 0.3 is 0 Å². The van der Waals surface area contributed by atoms with Crippen LogP contribution < -0.4 is 9.80 Å². The monoisotopic (exact) mass is 1320 g/mol. The summed E-state index contributed by atoms with van der Waals surface area (Å²) in [6.45, 7) is 14.8. The predicted octanol–water partition coefficient (Wildman–Crippen LogP) is 26.8. The summed E-state index contributed by atoms with van der Waals surface area (Å²) >= 11 is 0. The van der Waals surface area contributed by atoms with Crippen molar-refractivity contribution in [3.05, 3.63) is 367 Å². The lowest BCUT2D eigenvalue weighted by atomic mass is 9.82. The van der Waals surface area contributed by atoms with Gasteiger partial charge in [-0.2, -0.15) is 0 Å². The molecule has 0 fully saturated rings. The Morgan fingerprint density at radius 3 is 1.10 bits per heavy atom. The van der Waals surface area contributed by atoms with E-state index in [4.69, 9.17) is 4.74 Å². The molecule has 496 valence electrons. The van der Waals surface area contributed by atoms with Crippen LogP contribution in [0.25, 0.3) is 94.3 Å². The molecule has 1 aromatic heterocycles. The summed E-state index contributed by atoms with van der Waals surface area (Å²) in [5.74, 6) is 0.838. The first-order valence-corrected chi connectivity index (χ1v) is 36.3. The van der Waals surface area contributed by atoms with Gasteiger partial charge in [-0.1, -0.05) is 260 Å². The second kappa shape index (κ2) is 26.2. The SMILES string of the molecule is CCC(CC(C)c1ccc(-n2c3ccc(-c4ccc(N(c5ccc(-c6ccccc6)cc5)c5ccc6c(c5)C(C)(C)c5ccccc5-6)cc4)cc3c3cc(-c4ccc(N(c5ccc(-c6ccccc6)cc5)c5ccc6c(c5)C(C)(C)c5ccccc5-6)cc4)ccc32)cc1)c1ccc(COC)cc1. The summed E-state index contributed by atoms with van der Waals surface area (Å²) in [6, 6.07) is 122. The first-order valence-electron chi connectivity index (χ1n) is 36.3. The van der Waals surface area contributed by atoms with Crippen molar-refractivity contribution < 1.29 is 4.74 Å². The molecular weight excluding hydrogens is 1240 g/mol. The second-order valence-corrected chi connectivity index (χ2v) is 29.2. The lowest BCUT2D eigenvalue weighted by Crippen LogP contribution is -2.16. The molecule has 4 nitrogen and oxygen atoms in total. The topological polar surface area (TPSA) is 20.6 Å². The van der Waals surface area contributed by atoms with E-state index in [1.807, 2.05) is 0 Å². The van der Waals surface area contributed by atoms with Crippen molar-refractivity contribution >= 4 is 55.9 Å². The quantitative estimate of drug-likeness (QED) is 0.0854. The van der Waals surface area contributed by atoms with Crippen LogP contribution >= 0.6 is 0 Å². The third kappa shape index (κ3) is 11.4. The number of aromatic nitrogens is 1. The van der Waals surface area contributed by atoms with Crippen molar-refractivity contribution in [1.82, 2.24) is 4.57 Å². The zero-order valence-corrected chi connectivity index (χ0v) is 59.2. The fraction of sp³-hybridized carbons (Fsp3) is 0.143. The lowest BCUT2D eigenvalue weighted by molar-refractivity contribution is 0.185. The molecule has 0 spiro atoms. The maximum absolute atomic E-state index is 5.43. The summed E-state index contributed by atoms with van der Waals surface area (Å²) < 4.78 is 7.91. The summed E-state index contributed by atoms with van der Waals surface area (Å²) in [4.78, 5) is 4.85. The van der Waals surface area contributed by atoms with Gasteiger partial charge in [0.1, 0.15) is 0 Å². The zero-order chi connectivity index (χ0) is 69.2. The number of hydrogen-bond donors (Lipinski definition) is 0. The van der Waals surface area contributed by atoms with Gasteiger partial charge in [0.25, 0.3) is 0 Å². The van der Waals surface area contributed by atoms with Crippen molar-refractivity contribution in [2.75, 3.05) is 16.9 Å². The normalized spacial score (nSPS) is 13.7. The average Bonchev–Trinajstić information content (AvgIpc) is 1.59. The van der Waals surface area contributed by atoms with Gasteiger partial charge in [0.2, 0.25) is 0 Å². The minimum absolute atomic E-state index is 0.143. The minimum atomic E-state index is -0.143. The molecule has 2 atom stereocenters. The molecule has 4 heteroatoms. The van der Waals surface area contributed by atoms with Gasteiger partial charge in [-0.15, -0.1) is 0 Å².